The van der Waals surface area contributed by atoms with E-state index in [0.717, 1.165) is 31.7 Å². The number of halogens is 1. The zero-order valence-corrected chi connectivity index (χ0v) is 12.4. The molecule has 20 heavy (non-hydrogen) atoms. The van der Waals surface area contributed by atoms with Gasteiger partial charge >= 0.3 is 0 Å². The normalized spacial score (nSPS) is 16.2. The maximum Gasteiger partial charge on any atom is 0.224 e. The molecule has 1 N–H and O–H groups in total. The molecule has 0 aliphatic carbocycles. The number of carbonyl (C=O) groups is 1. The van der Waals surface area contributed by atoms with Gasteiger partial charge in [0.1, 0.15) is 5.82 Å². The Morgan fingerprint density at radius 3 is 2.85 bits per heavy atom. The molecule has 0 spiro atoms. The van der Waals surface area contributed by atoms with Gasteiger partial charge in [-0.2, -0.15) is 0 Å². The van der Waals surface area contributed by atoms with Crippen molar-refractivity contribution in [2.75, 3.05) is 32.1 Å². The third kappa shape index (κ3) is 4.35. The molecule has 110 valence electrons. The molecule has 1 aromatic rings. The van der Waals surface area contributed by atoms with E-state index in [1.165, 1.54) is 0 Å². The first-order valence-corrected chi connectivity index (χ1v) is 7.21. The molecule has 1 amide bonds. The minimum Gasteiger partial charge on any atom is -0.384 e. The Morgan fingerprint density at radius 1 is 1.50 bits per heavy atom. The average Bonchev–Trinajstić information content (AvgIpc) is 2.48. The van der Waals surface area contributed by atoms with Gasteiger partial charge in [0, 0.05) is 32.4 Å². The molecular formula is C14H20ClN3O2. The third-order valence-corrected chi connectivity index (χ3v) is 3.67. The Morgan fingerprint density at radius 2 is 2.25 bits per heavy atom. The van der Waals surface area contributed by atoms with Gasteiger partial charge in [0.05, 0.1) is 18.1 Å². The summed E-state index contributed by atoms with van der Waals surface area (Å²) in [4.78, 5) is 18.0. The van der Waals surface area contributed by atoms with Crippen molar-refractivity contribution in [3.63, 3.8) is 0 Å². The molecule has 2 rings (SSSR count). The van der Waals surface area contributed by atoms with Crippen LogP contribution in [0.5, 0.6) is 0 Å². The van der Waals surface area contributed by atoms with Crippen molar-refractivity contribution in [3.05, 3.63) is 23.4 Å². The number of amides is 1. The van der Waals surface area contributed by atoms with E-state index in [-0.39, 0.29) is 5.91 Å². The van der Waals surface area contributed by atoms with E-state index in [0.29, 0.717) is 24.1 Å². The topological polar surface area (TPSA) is 54.5 Å². The van der Waals surface area contributed by atoms with Crippen LogP contribution in [0.25, 0.3) is 0 Å². The monoisotopic (exact) mass is 297 g/mol. The number of hydrogen-bond acceptors (Lipinski definition) is 4. The number of pyridine rings is 1. The molecule has 6 heteroatoms. The van der Waals surface area contributed by atoms with E-state index in [1.807, 2.05) is 17.0 Å². The van der Waals surface area contributed by atoms with Crippen LogP contribution in [0, 0.1) is 0 Å². The largest absolute Gasteiger partial charge is 0.384 e. The molecule has 0 bridgehead atoms. The maximum atomic E-state index is 11.9. The Kier molecular flexibility index (Phi) is 5.61. The fourth-order valence-electron chi connectivity index (χ4n) is 2.29. The van der Waals surface area contributed by atoms with Crippen molar-refractivity contribution in [2.45, 2.75) is 25.3 Å². The quantitative estimate of drug-likeness (QED) is 0.905. The lowest BCUT2D eigenvalue weighted by Crippen LogP contribution is -2.42. The fraction of sp³-hybridized carbons (Fsp3) is 0.571. The second-order valence-electron chi connectivity index (χ2n) is 4.90. The fourth-order valence-corrected chi connectivity index (χ4v) is 2.40. The summed E-state index contributed by atoms with van der Waals surface area (Å²) in [5.41, 5.74) is 0. The van der Waals surface area contributed by atoms with Crippen LogP contribution in [-0.2, 0) is 9.53 Å². The molecule has 2 heterocycles. The highest BCUT2D eigenvalue weighted by atomic mass is 35.5. The summed E-state index contributed by atoms with van der Waals surface area (Å²) in [6.07, 6.45) is 3.96. The first-order chi connectivity index (χ1) is 9.69. The SMILES string of the molecule is COCCC(=O)N1CCC(Nc2ccc(Cl)cn2)CC1. The standard InChI is InChI=1S/C14H20ClN3O2/c1-20-9-6-14(19)18-7-4-12(5-8-18)17-13-3-2-11(15)10-16-13/h2-3,10,12H,4-9H2,1H3,(H,16,17). The van der Waals surface area contributed by atoms with Crippen molar-refractivity contribution in [1.29, 1.82) is 0 Å². The molecule has 0 atom stereocenters. The molecule has 0 unspecified atom stereocenters. The van der Waals surface area contributed by atoms with E-state index in [4.69, 9.17) is 16.3 Å². The Balaban J connectivity index is 1.76. The predicted molar refractivity (Wildman–Crippen MR) is 79.0 cm³/mol. The summed E-state index contributed by atoms with van der Waals surface area (Å²) < 4.78 is 4.93. The van der Waals surface area contributed by atoms with E-state index in [1.54, 1.807) is 13.3 Å². The van der Waals surface area contributed by atoms with Crippen LogP contribution in [0.2, 0.25) is 5.02 Å². The van der Waals surface area contributed by atoms with Gasteiger partial charge < -0.3 is 15.0 Å². The smallest absolute Gasteiger partial charge is 0.224 e. The summed E-state index contributed by atoms with van der Waals surface area (Å²) in [7, 11) is 1.61. The molecule has 0 radical (unpaired) electrons. The minimum atomic E-state index is 0.176. The van der Waals surface area contributed by atoms with Crippen LogP contribution in [0.1, 0.15) is 19.3 Å². The number of likely N-dealkylation sites (tertiary alicyclic amines) is 1. The first kappa shape index (κ1) is 15.1. The van der Waals surface area contributed by atoms with Gasteiger partial charge in [-0.1, -0.05) is 11.6 Å². The van der Waals surface area contributed by atoms with Gasteiger partial charge in [-0.05, 0) is 25.0 Å². The Bertz CT molecular complexity index is 431. The number of anilines is 1. The highest BCUT2D eigenvalue weighted by molar-refractivity contribution is 6.30. The van der Waals surface area contributed by atoms with Crippen LogP contribution in [0.15, 0.2) is 18.3 Å². The maximum absolute atomic E-state index is 11.9. The summed E-state index contributed by atoms with van der Waals surface area (Å²) in [6.45, 7) is 2.06. The zero-order valence-electron chi connectivity index (χ0n) is 11.6. The van der Waals surface area contributed by atoms with E-state index >= 15 is 0 Å². The summed E-state index contributed by atoms with van der Waals surface area (Å²) >= 11 is 5.81. The van der Waals surface area contributed by atoms with Crippen molar-refractivity contribution in [2.24, 2.45) is 0 Å². The lowest BCUT2D eigenvalue weighted by Gasteiger charge is -2.32. The molecule has 0 saturated carbocycles. The molecule has 1 aromatic heterocycles. The van der Waals surface area contributed by atoms with Crippen LogP contribution < -0.4 is 5.32 Å². The molecule has 1 aliphatic rings. The number of ether oxygens (including phenoxy) is 1. The number of nitrogens with one attached hydrogen (secondary N) is 1. The minimum absolute atomic E-state index is 0.176. The lowest BCUT2D eigenvalue weighted by atomic mass is 10.0. The van der Waals surface area contributed by atoms with Crippen LogP contribution in [0.4, 0.5) is 5.82 Å². The van der Waals surface area contributed by atoms with Crippen LogP contribution in [0.3, 0.4) is 0 Å². The molecule has 5 nitrogen and oxygen atoms in total. The van der Waals surface area contributed by atoms with Gasteiger partial charge in [-0.25, -0.2) is 4.98 Å². The second-order valence-corrected chi connectivity index (χ2v) is 5.34. The molecular weight excluding hydrogens is 278 g/mol. The Hall–Kier alpha value is -1.33. The first-order valence-electron chi connectivity index (χ1n) is 6.84. The van der Waals surface area contributed by atoms with Crippen LogP contribution in [-0.4, -0.2) is 48.6 Å². The van der Waals surface area contributed by atoms with Gasteiger partial charge in [0.25, 0.3) is 0 Å². The summed E-state index contributed by atoms with van der Waals surface area (Å²) in [5, 5.41) is 4.01. The molecule has 0 aromatic carbocycles. The molecule has 1 fully saturated rings. The van der Waals surface area contributed by atoms with Crippen molar-refractivity contribution in [3.8, 4) is 0 Å². The third-order valence-electron chi connectivity index (χ3n) is 3.45. The van der Waals surface area contributed by atoms with E-state index < -0.39 is 0 Å². The predicted octanol–water partition coefficient (Wildman–Crippen LogP) is 2.17. The molecule has 1 aliphatic heterocycles. The van der Waals surface area contributed by atoms with Crippen LogP contribution >= 0.6 is 11.6 Å². The lowest BCUT2D eigenvalue weighted by molar-refractivity contribution is -0.133. The van der Waals surface area contributed by atoms with Gasteiger partial charge in [-0.15, -0.1) is 0 Å². The second kappa shape index (κ2) is 7.45. The number of carbonyl (C=O) groups excluding carboxylic acids is 1. The number of piperidine rings is 1. The van der Waals surface area contributed by atoms with Crippen molar-refractivity contribution in [1.82, 2.24) is 9.88 Å². The van der Waals surface area contributed by atoms with E-state index in [9.17, 15) is 4.79 Å². The van der Waals surface area contributed by atoms with Gasteiger partial charge in [0.2, 0.25) is 5.91 Å². The zero-order chi connectivity index (χ0) is 14.4. The van der Waals surface area contributed by atoms with Gasteiger partial charge in [-0.3, -0.25) is 4.79 Å². The Labute approximate surface area is 124 Å². The van der Waals surface area contributed by atoms with E-state index in [2.05, 4.69) is 10.3 Å². The van der Waals surface area contributed by atoms with Crippen molar-refractivity contribution < 1.29 is 9.53 Å². The molecule has 1 saturated heterocycles. The van der Waals surface area contributed by atoms with Gasteiger partial charge in [0.15, 0.2) is 0 Å². The highest BCUT2D eigenvalue weighted by Crippen LogP contribution is 2.17. The number of rotatable bonds is 5. The average molecular weight is 298 g/mol. The summed E-state index contributed by atoms with van der Waals surface area (Å²) in [6, 6.07) is 4.05. The number of aromatic nitrogens is 1. The number of methoxy groups -OCH3 is 1. The van der Waals surface area contributed by atoms with Crippen molar-refractivity contribution >= 4 is 23.3 Å². The number of nitrogens with zero attached hydrogens (tertiary/aromatic N) is 2. The number of hydrogen-bond donors (Lipinski definition) is 1. The highest BCUT2D eigenvalue weighted by Gasteiger charge is 2.22. The summed E-state index contributed by atoms with van der Waals surface area (Å²) in [5.74, 6) is 1.01.